The van der Waals surface area contributed by atoms with Gasteiger partial charge in [-0.15, -0.1) is 0 Å². The van der Waals surface area contributed by atoms with E-state index in [1.54, 1.807) is 0 Å². The number of benzene rings is 1. The molecule has 0 spiro atoms. The third kappa shape index (κ3) is 3.15. The molecule has 0 radical (unpaired) electrons. The highest BCUT2D eigenvalue weighted by Crippen LogP contribution is 2.27. The van der Waals surface area contributed by atoms with Crippen molar-refractivity contribution in [3.8, 4) is 5.75 Å². The van der Waals surface area contributed by atoms with Gasteiger partial charge in [0.2, 0.25) is 0 Å². The van der Waals surface area contributed by atoms with E-state index in [4.69, 9.17) is 0 Å². The monoisotopic (exact) mass is 207 g/mol. The number of hydrogen-bond acceptors (Lipinski definition) is 2. The van der Waals surface area contributed by atoms with E-state index in [0.717, 1.165) is 23.4 Å². The van der Waals surface area contributed by atoms with Crippen molar-refractivity contribution < 1.29 is 5.11 Å². The molecule has 0 aromatic heterocycles. The fraction of sp³-hybridized carbons (Fsp3) is 0.538. The molecule has 0 saturated carbocycles. The summed E-state index contributed by atoms with van der Waals surface area (Å²) >= 11 is 0. The molecule has 1 aromatic rings. The van der Waals surface area contributed by atoms with Gasteiger partial charge in [-0.05, 0) is 31.9 Å². The molecule has 0 aliphatic heterocycles. The zero-order chi connectivity index (χ0) is 11.3. The highest BCUT2D eigenvalue weighted by Gasteiger charge is 2.04. The van der Waals surface area contributed by atoms with Gasteiger partial charge in [-0.25, -0.2) is 0 Å². The van der Waals surface area contributed by atoms with Crippen LogP contribution in [0.15, 0.2) is 12.1 Å². The van der Waals surface area contributed by atoms with Crippen LogP contribution in [0.2, 0.25) is 0 Å². The Morgan fingerprint density at radius 2 is 1.93 bits per heavy atom. The maximum absolute atomic E-state index is 9.75. The summed E-state index contributed by atoms with van der Waals surface area (Å²) < 4.78 is 0. The van der Waals surface area contributed by atoms with Gasteiger partial charge in [0.05, 0.1) is 0 Å². The fourth-order valence-electron chi connectivity index (χ4n) is 1.63. The molecular weight excluding hydrogens is 186 g/mol. The minimum atomic E-state index is 0.412. The number of phenols is 1. The van der Waals surface area contributed by atoms with E-state index < -0.39 is 0 Å². The lowest BCUT2D eigenvalue weighted by Gasteiger charge is -2.11. The predicted octanol–water partition coefficient (Wildman–Crippen LogP) is 3.61. The highest BCUT2D eigenvalue weighted by molar-refractivity contribution is 5.58. The summed E-state index contributed by atoms with van der Waals surface area (Å²) in [5, 5.41) is 13.1. The van der Waals surface area contributed by atoms with Crippen LogP contribution in [0, 0.1) is 13.8 Å². The van der Waals surface area contributed by atoms with Crippen molar-refractivity contribution in [2.45, 2.75) is 40.0 Å². The van der Waals surface area contributed by atoms with Crippen LogP contribution in [0.5, 0.6) is 5.75 Å². The Hall–Kier alpha value is -1.18. The molecule has 0 unspecified atom stereocenters. The van der Waals surface area contributed by atoms with E-state index in [1.807, 2.05) is 26.0 Å². The average Bonchev–Trinajstić information content (AvgIpc) is 2.24. The Balaban J connectivity index is 2.58. The number of nitrogens with one attached hydrogen (secondary N) is 1. The second-order valence-electron chi connectivity index (χ2n) is 4.04. The molecule has 15 heavy (non-hydrogen) atoms. The zero-order valence-electron chi connectivity index (χ0n) is 9.93. The van der Waals surface area contributed by atoms with Gasteiger partial charge < -0.3 is 10.4 Å². The van der Waals surface area contributed by atoms with Crippen molar-refractivity contribution in [3.05, 3.63) is 23.3 Å². The largest absolute Gasteiger partial charge is 0.507 e. The summed E-state index contributed by atoms with van der Waals surface area (Å²) in [6, 6.07) is 3.99. The van der Waals surface area contributed by atoms with E-state index >= 15 is 0 Å². The lowest BCUT2D eigenvalue weighted by molar-refractivity contribution is 0.467. The van der Waals surface area contributed by atoms with Crippen LogP contribution < -0.4 is 5.32 Å². The van der Waals surface area contributed by atoms with Crippen molar-refractivity contribution in [3.63, 3.8) is 0 Å². The molecule has 0 heterocycles. The van der Waals surface area contributed by atoms with E-state index in [9.17, 15) is 5.11 Å². The first-order valence-corrected chi connectivity index (χ1v) is 5.69. The molecule has 1 aromatic carbocycles. The number of anilines is 1. The standard InChI is InChI=1S/C13H21NO/c1-4-5-6-9-14-12-8-7-10(2)13(15)11(12)3/h7-8,14-15H,4-6,9H2,1-3H3. The van der Waals surface area contributed by atoms with Crippen LogP contribution in [0.1, 0.15) is 37.3 Å². The fourth-order valence-corrected chi connectivity index (χ4v) is 1.63. The van der Waals surface area contributed by atoms with Gasteiger partial charge in [-0.3, -0.25) is 0 Å². The molecule has 84 valence electrons. The first kappa shape index (κ1) is 11.9. The number of phenolic OH excluding ortho intramolecular Hbond substituents is 1. The molecule has 2 heteroatoms. The summed E-state index contributed by atoms with van der Waals surface area (Å²) in [5.74, 6) is 0.412. The van der Waals surface area contributed by atoms with Crippen molar-refractivity contribution in [2.24, 2.45) is 0 Å². The lowest BCUT2D eigenvalue weighted by atomic mass is 10.1. The van der Waals surface area contributed by atoms with Crippen molar-refractivity contribution in [1.82, 2.24) is 0 Å². The molecule has 0 amide bonds. The van der Waals surface area contributed by atoms with Crippen LogP contribution in [-0.4, -0.2) is 11.7 Å². The number of aromatic hydroxyl groups is 1. The molecule has 0 atom stereocenters. The van der Waals surface area contributed by atoms with Crippen LogP contribution in [0.25, 0.3) is 0 Å². The van der Waals surface area contributed by atoms with Crippen molar-refractivity contribution in [2.75, 3.05) is 11.9 Å². The molecular formula is C13H21NO. The van der Waals surface area contributed by atoms with E-state index in [0.29, 0.717) is 5.75 Å². The molecule has 0 bridgehead atoms. The zero-order valence-corrected chi connectivity index (χ0v) is 9.93. The molecule has 0 saturated heterocycles. The number of hydrogen-bond donors (Lipinski definition) is 2. The minimum absolute atomic E-state index is 0.412. The van der Waals surface area contributed by atoms with E-state index in [-0.39, 0.29) is 0 Å². The van der Waals surface area contributed by atoms with Crippen LogP contribution in [0.4, 0.5) is 5.69 Å². The lowest BCUT2D eigenvalue weighted by Crippen LogP contribution is -2.03. The second-order valence-corrected chi connectivity index (χ2v) is 4.04. The van der Waals surface area contributed by atoms with E-state index in [1.165, 1.54) is 19.3 Å². The van der Waals surface area contributed by atoms with Crippen LogP contribution >= 0.6 is 0 Å². The normalized spacial score (nSPS) is 10.3. The second kappa shape index (κ2) is 5.64. The highest BCUT2D eigenvalue weighted by atomic mass is 16.3. The summed E-state index contributed by atoms with van der Waals surface area (Å²) in [4.78, 5) is 0. The average molecular weight is 207 g/mol. The Morgan fingerprint density at radius 1 is 1.20 bits per heavy atom. The van der Waals surface area contributed by atoms with Gasteiger partial charge in [-0.2, -0.15) is 0 Å². The Bertz CT molecular complexity index is 321. The first-order valence-electron chi connectivity index (χ1n) is 5.69. The number of unbranched alkanes of at least 4 members (excludes halogenated alkanes) is 2. The quantitative estimate of drug-likeness (QED) is 0.723. The van der Waals surface area contributed by atoms with Gasteiger partial charge in [0.1, 0.15) is 5.75 Å². The Labute approximate surface area is 92.3 Å². The predicted molar refractivity (Wildman–Crippen MR) is 65.6 cm³/mol. The SMILES string of the molecule is CCCCCNc1ccc(C)c(O)c1C. The minimum Gasteiger partial charge on any atom is -0.507 e. The molecule has 0 aliphatic rings. The smallest absolute Gasteiger partial charge is 0.123 e. The van der Waals surface area contributed by atoms with Gasteiger partial charge >= 0.3 is 0 Å². The maximum atomic E-state index is 9.75. The molecule has 0 fully saturated rings. The van der Waals surface area contributed by atoms with Gasteiger partial charge in [-0.1, -0.05) is 25.8 Å². The van der Waals surface area contributed by atoms with E-state index in [2.05, 4.69) is 12.2 Å². The van der Waals surface area contributed by atoms with Gasteiger partial charge in [0, 0.05) is 17.8 Å². The van der Waals surface area contributed by atoms with Gasteiger partial charge in [0.25, 0.3) is 0 Å². The Kier molecular flexibility index (Phi) is 4.47. The summed E-state index contributed by atoms with van der Waals surface area (Å²) in [6.45, 7) is 7.05. The number of rotatable bonds is 5. The van der Waals surface area contributed by atoms with Crippen molar-refractivity contribution >= 4 is 5.69 Å². The molecule has 1 rings (SSSR count). The van der Waals surface area contributed by atoms with Crippen molar-refractivity contribution in [1.29, 1.82) is 0 Å². The summed E-state index contributed by atoms with van der Waals surface area (Å²) in [6.07, 6.45) is 3.67. The van der Waals surface area contributed by atoms with Gasteiger partial charge in [0.15, 0.2) is 0 Å². The number of aryl methyl sites for hydroxylation is 1. The third-order valence-electron chi connectivity index (χ3n) is 2.73. The maximum Gasteiger partial charge on any atom is 0.123 e. The first-order chi connectivity index (χ1) is 7.16. The summed E-state index contributed by atoms with van der Waals surface area (Å²) in [7, 11) is 0. The third-order valence-corrected chi connectivity index (χ3v) is 2.73. The van der Waals surface area contributed by atoms with Crippen LogP contribution in [-0.2, 0) is 0 Å². The molecule has 0 aliphatic carbocycles. The molecule has 2 N–H and O–H groups in total. The summed E-state index contributed by atoms with van der Waals surface area (Å²) in [5.41, 5.74) is 2.94. The topological polar surface area (TPSA) is 32.3 Å². The van der Waals surface area contributed by atoms with Crippen LogP contribution in [0.3, 0.4) is 0 Å². The molecule has 2 nitrogen and oxygen atoms in total. The Morgan fingerprint density at radius 3 is 2.60 bits per heavy atom.